The zero-order valence-electron chi connectivity index (χ0n) is 7.64. The average Bonchev–Trinajstić information content (AvgIpc) is 2.63. The van der Waals surface area contributed by atoms with E-state index in [1.807, 2.05) is 42.5 Å². The Morgan fingerprint density at radius 2 is 1.93 bits per heavy atom. The number of ether oxygens (including phenoxy) is 1. The van der Waals surface area contributed by atoms with Gasteiger partial charge in [-0.2, -0.15) is 0 Å². The lowest BCUT2D eigenvalue weighted by atomic mass is 10.2. The van der Waals surface area contributed by atoms with Gasteiger partial charge in [-0.3, -0.25) is 0 Å². The van der Waals surface area contributed by atoms with Crippen molar-refractivity contribution >= 4 is 12.0 Å². The molecule has 0 saturated heterocycles. The molecule has 0 spiro atoms. The second kappa shape index (κ2) is 3.92. The molecular formula is C12H10O2. The molecule has 0 radical (unpaired) electrons. The number of cyclic esters (lactones) is 1. The molecule has 1 aliphatic rings. The minimum Gasteiger partial charge on any atom is -0.458 e. The highest BCUT2D eigenvalue weighted by molar-refractivity contribution is 5.86. The molecule has 70 valence electrons. The van der Waals surface area contributed by atoms with Crippen molar-refractivity contribution in [1.82, 2.24) is 0 Å². The fraction of sp³-hybridized carbons (Fsp3) is 0.0833. The van der Waals surface area contributed by atoms with Crippen molar-refractivity contribution in [3.8, 4) is 0 Å². The first kappa shape index (κ1) is 8.75. The minimum atomic E-state index is -0.252. The summed E-state index contributed by atoms with van der Waals surface area (Å²) in [4.78, 5) is 10.7. The minimum absolute atomic E-state index is 0.252. The van der Waals surface area contributed by atoms with Gasteiger partial charge < -0.3 is 4.74 Å². The zero-order chi connectivity index (χ0) is 9.80. The molecule has 2 nitrogen and oxygen atoms in total. The summed E-state index contributed by atoms with van der Waals surface area (Å²) < 4.78 is 4.77. The maximum Gasteiger partial charge on any atom is 0.331 e. The highest BCUT2D eigenvalue weighted by Gasteiger charge is 2.09. The SMILES string of the molecule is O=C1C=C(/C=C/c2ccccc2)CO1. The molecule has 0 saturated carbocycles. The van der Waals surface area contributed by atoms with Gasteiger partial charge in [-0.1, -0.05) is 42.5 Å². The van der Waals surface area contributed by atoms with Crippen LogP contribution in [0.2, 0.25) is 0 Å². The first-order valence-electron chi connectivity index (χ1n) is 4.45. The van der Waals surface area contributed by atoms with Gasteiger partial charge >= 0.3 is 5.97 Å². The number of hydrogen-bond acceptors (Lipinski definition) is 2. The normalized spacial score (nSPS) is 15.7. The van der Waals surface area contributed by atoms with Crippen LogP contribution in [0.1, 0.15) is 5.56 Å². The van der Waals surface area contributed by atoms with Crippen molar-refractivity contribution in [2.24, 2.45) is 0 Å². The van der Waals surface area contributed by atoms with E-state index in [0.717, 1.165) is 11.1 Å². The van der Waals surface area contributed by atoms with E-state index in [9.17, 15) is 4.79 Å². The highest BCUT2D eigenvalue weighted by atomic mass is 16.5. The van der Waals surface area contributed by atoms with Gasteiger partial charge in [0, 0.05) is 6.08 Å². The third-order valence-corrected chi connectivity index (χ3v) is 1.97. The summed E-state index contributed by atoms with van der Waals surface area (Å²) in [6.45, 7) is 0.391. The molecule has 2 rings (SSSR count). The van der Waals surface area contributed by atoms with Crippen LogP contribution in [-0.4, -0.2) is 12.6 Å². The van der Waals surface area contributed by atoms with E-state index in [-0.39, 0.29) is 5.97 Å². The van der Waals surface area contributed by atoms with E-state index < -0.39 is 0 Å². The second-order valence-corrected chi connectivity index (χ2v) is 3.07. The van der Waals surface area contributed by atoms with Crippen molar-refractivity contribution < 1.29 is 9.53 Å². The van der Waals surface area contributed by atoms with E-state index in [1.54, 1.807) is 0 Å². The van der Waals surface area contributed by atoms with Crippen LogP contribution in [0.3, 0.4) is 0 Å². The number of carbonyl (C=O) groups is 1. The lowest BCUT2D eigenvalue weighted by molar-refractivity contribution is -0.134. The third kappa shape index (κ3) is 2.10. The summed E-state index contributed by atoms with van der Waals surface area (Å²) in [6, 6.07) is 9.94. The topological polar surface area (TPSA) is 26.3 Å². The van der Waals surface area contributed by atoms with E-state index >= 15 is 0 Å². The third-order valence-electron chi connectivity index (χ3n) is 1.97. The lowest BCUT2D eigenvalue weighted by Gasteiger charge is -1.92. The van der Waals surface area contributed by atoms with Crippen LogP contribution in [0.15, 0.2) is 48.1 Å². The van der Waals surface area contributed by atoms with Gasteiger partial charge in [0.25, 0.3) is 0 Å². The quantitative estimate of drug-likeness (QED) is 0.662. The molecule has 0 fully saturated rings. The number of hydrogen-bond donors (Lipinski definition) is 0. The fourth-order valence-electron chi connectivity index (χ4n) is 1.25. The van der Waals surface area contributed by atoms with Crippen molar-refractivity contribution in [3.05, 3.63) is 53.6 Å². The van der Waals surface area contributed by atoms with Gasteiger partial charge in [-0.25, -0.2) is 4.79 Å². The molecule has 0 aromatic heterocycles. The summed E-state index contributed by atoms with van der Waals surface area (Å²) in [7, 11) is 0. The summed E-state index contributed by atoms with van der Waals surface area (Å²) in [5.41, 5.74) is 2.03. The first-order valence-corrected chi connectivity index (χ1v) is 4.45. The van der Waals surface area contributed by atoms with Gasteiger partial charge in [-0.15, -0.1) is 0 Å². The number of rotatable bonds is 2. The van der Waals surface area contributed by atoms with Crippen LogP contribution < -0.4 is 0 Å². The summed E-state index contributed by atoms with van der Waals surface area (Å²) in [6.07, 6.45) is 5.38. The van der Waals surface area contributed by atoms with Gasteiger partial charge in [0.2, 0.25) is 0 Å². The Morgan fingerprint density at radius 1 is 1.14 bits per heavy atom. The molecule has 0 aliphatic carbocycles. The van der Waals surface area contributed by atoms with E-state index in [2.05, 4.69) is 0 Å². The van der Waals surface area contributed by atoms with E-state index in [0.29, 0.717) is 6.61 Å². The molecule has 1 aliphatic heterocycles. The second-order valence-electron chi connectivity index (χ2n) is 3.07. The van der Waals surface area contributed by atoms with Crippen LogP contribution in [0.5, 0.6) is 0 Å². The Balaban J connectivity index is 2.08. The number of esters is 1. The number of carbonyl (C=O) groups excluding carboxylic acids is 1. The first-order chi connectivity index (χ1) is 6.84. The Hall–Kier alpha value is -1.83. The number of benzene rings is 1. The van der Waals surface area contributed by atoms with Gasteiger partial charge in [0.15, 0.2) is 0 Å². The molecule has 0 atom stereocenters. The van der Waals surface area contributed by atoms with Gasteiger partial charge in [0.05, 0.1) is 0 Å². The fourth-order valence-corrected chi connectivity index (χ4v) is 1.25. The van der Waals surface area contributed by atoms with Crippen molar-refractivity contribution in [1.29, 1.82) is 0 Å². The van der Waals surface area contributed by atoms with E-state index in [4.69, 9.17) is 4.74 Å². The molecular weight excluding hydrogens is 176 g/mol. The Bertz CT molecular complexity index is 388. The largest absolute Gasteiger partial charge is 0.458 e. The highest BCUT2D eigenvalue weighted by Crippen LogP contribution is 2.10. The predicted molar refractivity (Wildman–Crippen MR) is 54.5 cm³/mol. The molecule has 0 N–H and O–H groups in total. The lowest BCUT2D eigenvalue weighted by Crippen LogP contribution is -1.90. The van der Waals surface area contributed by atoms with Crippen LogP contribution >= 0.6 is 0 Å². The predicted octanol–water partition coefficient (Wildman–Crippen LogP) is 2.18. The smallest absolute Gasteiger partial charge is 0.331 e. The van der Waals surface area contributed by atoms with Crippen LogP contribution in [0, 0.1) is 0 Å². The summed E-state index contributed by atoms with van der Waals surface area (Å²) in [5.74, 6) is -0.252. The van der Waals surface area contributed by atoms with Crippen molar-refractivity contribution in [3.63, 3.8) is 0 Å². The molecule has 1 heterocycles. The van der Waals surface area contributed by atoms with Crippen LogP contribution in [-0.2, 0) is 9.53 Å². The standard InChI is InChI=1S/C12H10O2/c13-12-8-11(9-14-12)7-6-10-4-2-1-3-5-10/h1-8H,9H2/b7-6+. The molecule has 14 heavy (non-hydrogen) atoms. The zero-order valence-corrected chi connectivity index (χ0v) is 7.64. The monoisotopic (exact) mass is 186 g/mol. The van der Waals surface area contributed by atoms with Crippen molar-refractivity contribution in [2.45, 2.75) is 0 Å². The molecule has 1 aromatic carbocycles. The van der Waals surface area contributed by atoms with Crippen LogP contribution in [0.4, 0.5) is 0 Å². The Morgan fingerprint density at radius 3 is 2.57 bits per heavy atom. The summed E-state index contributed by atoms with van der Waals surface area (Å²) >= 11 is 0. The molecule has 2 heteroatoms. The van der Waals surface area contributed by atoms with E-state index in [1.165, 1.54) is 6.08 Å². The maximum absolute atomic E-state index is 10.7. The molecule has 0 amide bonds. The summed E-state index contributed by atoms with van der Waals surface area (Å²) in [5, 5.41) is 0. The Labute approximate surface area is 82.5 Å². The molecule has 0 bridgehead atoms. The van der Waals surface area contributed by atoms with Gasteiger partial charge in [0.1, 0.15) is 6.61 Å². The molecule has 0 unspecified atom stereocenters. The van der Waals surface area contributed by atoms with Gasteiger partial charge in [-0.05, 0) is 11.1 Å². The average molecular weight is 186 g/mol. The Kier molecular flexibility index (Phi) is 2.45. The van der Waals surface area contributed by atoms with Crippen molar-refractivity contribution in [2.75, 3.05) is 6.61 Å². The van der Waals surface area contributed by atoms with Crippen LogP contribution in [0.25, 0.3) is 6.08 Å². The maximum atomic E-state index is 10.7. The molecule has 1 aromatic rings.